The number of aromatic nitrogens is 1. The molecule has 1 heterocycles. The van der Waals surface area contributed by atoms with Gasteiger partial charge in [0, 0.05) is 24.5 Å². The Morgan fingerprint density at radius 2 is 1.69 bits per heavy atom. The molecule has 0 saturated carbocycles. The summed E-state index contributed by atoms with van der Waals surface area (Å²) in [5.41, 5.74) is 2.69. The van der Waals surface area contributed by atoms with E-state index in [4.69, 9.17) is 16.0 Å². The molecule has 0 aliphatic carbocycles. The van der Waals surface area contributed by atoms with Gasteiger partial charge in [0.25, 0.3) is 0 Å². The number of anilines is 1. The van der Waals surface area contributed by atoms with Crippen LogP contribution in [0.25, 0.3) is 0 Å². The number of nitrogens with zero attached hydrogens (tertiary/aromatic N) is 2. The van der Waals surface area contributed by atoms with Crippen molar-refractivity contribution in [2.45, 2.75) is 26.4 Å². The van der Waals surface area contributed by atoms with Gasteiger partial charge in [0.05, 0.1) is 0 Å². The van der Waals surface area contributed by atoms with Gasteiger partial charge in [-0.2, -0.15) is 0 Å². The Labute approximate surface area is 159 Å². The number of oxazole rings is 1. The van der Waals surface area contributed by atoms with E-state index >= 15 is 0 Å². The van der Waals surface area contributed by atoms with Crippen LogP contribution in [0.5, 0.6) is 0 Å². The highest BCUT2D eigenvalue weighted by atomic mass is 35.5. The summed E-state index contributed by atoms with van der Waals surface area (Å²) < 4.78 is 6.01. The van der Waals surface area contributed by atoms with Gasteiger partial charge in [-0.25, -0.2) is 4.98 Å². The molecule has 0 spiro atoms. The fourth-order valence-corrected chi connectivity index (χ4v) is 3.05. The molecule has 3 rings (SSSR count). The zero-order valence-corrected chi connectivity index (χ0v) is 15.8. The molecule has 136 valence electrons. The van der Waals surface area contributed by atoms with Crippen molar-refractivity contribution in [2.24, 2.45) is 0 Å². The molecule has 1 aromatic heterocycles. The second-order valence-corrected chi connectivity index (χ2v) is 6.53. The lowest BCUT2D eigenvalue weighted by molar-refractivity contribution is 0.183. The Bertz CT molecular complexity index is 827. The quantitative estimate of drug-likeness (QED) is 0.646. The Morgan fingerprint density at radius 1 is 1.04 bits per heavy atom. The van der Waals surface area contributed by atoms with Gasteiger partial charge >= 0.3 is 0 Å². The molecule has 26 heavy (non-hydrogen) atoms. The normalized spacial score (nSPS) is 12.2. The van der Waals surface area contributed by atoms with Gasteiger partial charge in [0.15, 0.2) is 6.10 Å². The highest BCUT2D eigenvalue weighted by Crippen LogP contribution is 2.30. The number of aliphatic hydroxyl groups is 1. The summed E-state index contributed by atoms with van der Waals surface area (Å²) in [6, 6.07) is 17.2. The minimum absolute atomic E-state index is 0.306. The van der Waals surface area contributed by atoms with Crippen LogP contribution in [0, 0.1) is 0 Å². The standard InChI is InChI=1S/C21H23ClN2O2/c1-3-24(4-2)21-18(14-15-8-6-5-7-9-15)23-20(26-21)19(25)16-10-12-17(22)13-11-16/h5-13,19,25H,3-4,14H2,1-2H3/t19-/m0/s1. The summed E-state index contributed by atoms with van der Waals surface area (Å²) in [6.07, 6.45) is -0.269. The molecular formula is C21H23ClN2O2. The van der Waals surface area contributed by atoms with E-state index in [9.17, 15) is 5.11 Å². The van der Waals surface area contributed by atoms with Crippen LogP contribution in [-0.2, 0) is 6.42 Å². The molecule has 1 N–H and O–H groups in total. The van der Waals surface area contributed by atoms with Crippen LogP contribution in [-0.4, -0.2) is 23.2 Å². The van der Waals surface area contributed by atoms with E-state index in [0.717, 1.165) is 30.2 Å². The molecule has 4 nitrogen and oxygen atoms in total. The molecule has 1 atom stereocenters. The number of aliphatic hydroxyl groups excluding tert-OH is 1. The number of halogens is 1. The van der Waals surface area contributed by atoms with Crippen molar-refractivity contribution >= 4 is 17.5 Å². The van der Waals surface area contributed by atoms with Gasteiger partial charge in [0.2, 0.25) is 11.8 Å². The van der Waals surface area contributed by atoms with E-state index in [0.29, 0.717) is 22.9 Å². The maximum Gasteiger partial charge on any atom is 0.230 e. The lowest BCUT2D eigenvalue weighted by atomic mass is 10.1. The van der Waals surface area contributed by atoms with Gasteiger partial charge in [-0.1, -0.05) is 54.1 Å². The van der Waals surface area contributed by atoms with E-state index in [2.05, 4.69) is 35.9 Å². The van der Waals surface area contributed by atoms with Crippen molar-refractivity contribution in [2.75, 3.05) is 18.0 Å². The van der Waals surface area contributed by atoms with Crippen LogP contribution in [0.15, 0.2) is 59.0 Å². The van der Waals surface area contributed by atoms with Crippen LogP contribution in [0.4, 0.5) is 5.88 Å². The van der Waals surface area contributed by atoms with Gasteiger partial charge in [-0.3, -0.25) is 0 Å². The molecule has 0 aliphatic heterocycles. The van der Waals surface area contributed by atoms with Gasteiger partial charge in [-0.15, -0.1) is 0 Å². The smallest absolute Gasteiger partial charge is 0.230 e. The lowest BCUT2D eigenvalue weighted by Crippen LogP contribution is -2.22. The molecule has 3 aromatic rings. The monoisotopic (exact) mass is 370 g/mol. The molecule has 0 unspecified atom stereocenters. The van der Waals surface area contributed by atoms with E-state index < -0.39 is 6.10 Å². The molecule has 0 aliphatic rings. The summed E-state index contributed by atoms with van der Waals surface area (Å²) in [5, 5.41) is 11.3. The summed E-state index contributed by atoms with van der Waals surface area (Å²) in [6.45, 7) is 5.77. The van der Waals surface area contributed by atoms with Crippen molar-refractivity contribution in [1.29, 1.82) is 0 Å². The topological polar surface area (TPSA) is 49.5 Å². The molecule has 0 bridgehead atoms. The SMILES string of the molecule is CCN(CC)c1oc([C@@H](O)c2ccc(Cl)cc2)nc1Cc1ccccc1. The summed E-state index contributed by atoms with van der Waals surface area (Å²) in [4.78, 5) is 6.74. The first kappa shape index (κ1) is 18.5. The zero-order valence-electron chi connectivity index (χ0n) is 15.0. The second kappa shape index (κ2) is 8.39. The van der Waals surface area contributed by atoms with Crippen molar-refractivity contribution in [3.8, 4) is 0 Å². The number of hydrogen-bond donors (Lipinski definition) is 1. The predicted molar refractivity (Wildman–Crippen MR) is 105 cm³/mol. The van der Waals surface area contributed by atoms with Crippen molar-refractivity contribution in [1.82, 2.24) is 4.98 Å². The van der Waals surface area contributed by atoms with E-state index in [1.165, 1.54) is 0 Å². The average molecular weight is 371 g/mol. The number of benzene rings is 2. The van der Waals surface area contributed by atoms with E-state index in [1.807, 2.05) is 18.2 Å². The highest BCUT2D eigenvalue weighted by Gasteiger charge is 2.23. The molecule has 5 heteroatoms. The molecule has 0 fully saturated rings. The maximum atomic E-state index is 10.7. The Balaban J connectivity index is 1.96. The number of rotatable bonds is 7. The first-order chi connectivity index (χ1) is 12.6. The molecule has 2 aromatic carbocycles. The third-order valence-corrected chi connectivity index (χ3v) is 4.63. The third-order valence-electron chi connectivity index (χ3n) is 4.38. The molecular weight excluding hydrogens is 348 g/mol. The predicted octanol–water partition coefficient (Wildman–Crippen LogP) is 4.85. The lowest BCUT2D eigenvalue weighted by Gasteiger charge is -2.18. The van der Waals surface area contributed by atoms with Gasteiger partial charge in [0.1, 0.15) is 5.69 Å². The van der Waals surface area contributed by atoms with E-state index in [1.54, 1.807) is 24.3 Å². The van der Waals surface area contributed by atoms with Crippen molar-refractivity contribution < 1.29 is 9.52 Å². The fraction of sp³-hybridized carbons (Fsp3) is 0.286. The van der Waals surface area contributed by atoms with Crippen molar-refractivity contribution in [3.63, 3.8) is 0 Å². The maximum absolute atomic E-state index is 10.7. The molecule has 0 amide bonds. The number of hydrogen-bond acceptors (Lipinski definition) is 4. The largest absolute Gasteiger partial charge is 0.422 e. The van der Waals surface area contributed by atoms with Crippen LogP contribution >= 0.6 is 11.6 Å². The Morgan fingerprint density at radius 3 is 2.31 bits per heavy atom. The zero-order chi connectivity index (χ0) is 18.5. The van der Waals surface area contributed by atoms with Gasteiger partial charge < -0.3 is 14.4 Å². The second-order valence-electron chi connectivity index (χ2n) is 6.09. The highest BCUT2D eigenvalue weighted by molar-refractivity contribution is 6.30. The average Bonchev–Trinajstić information content (AvgIpc) is 3.07. The molecule has 0 saturated heterocycles. The van der Waals surface area contributed by atoms with Gasteiger partial charge in [-0.05, 0) is 37.1 Å². The third kappa shape index (κ3) is 4.09. The minimum atomic E-state index is -0.925. The van der Waals surface area contributed by atoms with Crippen LogP contribution < -0.4 is 4.90 Å². The summed E-state index contributed by atoms with van der Waals surface area (Å²) >= 11 is 5.93. The fourth-order valence-electron chi connectivity index (χ4n) is 2.93. The summed E-state index contributed by atoms with van der Waals surface area (Å²) in [7, 11) is 0. The summed E-state index contributed by atoms with van der Waals surface area (Å²) in [5.74, 6) is 1.03. The molecule has 0 radical (unpaired) electrons. The van der Waals surface area contributed by atoms with E-state index in [-0.39, 0.29) is 0 Å². The minimum Gasteiger partial charge on any atom is -0.422 e. The first-order valence-electron chi connectivity index (χ1n) is 8.84. The van der Waals surface area contributed by atoms with Crippen LogP contribution in [0.1, 0.15) is 42.7 Å². The first-order valence-corrected chi connectivity index (χ1v) is 9.22. The Kier molecular flexibility index (Phi) is 5.96. The Hall–Kier alpha value is -2.30. The van der Waals surface area contributed by atoms with Crippen LogP contribution in [0.3, 0.4) is 0 Å². The van der Waals surface area contributed by atoms with Crippen LogP contribution in [0.2, 0.25) is 5.02 Å². The van der Waals surface area contributed by atoms with Crippen molar-refractivity contribution in [3.05, 3.63) is 82.3 Å².